The van der Waals surface area contributed by atoms with Gasteiger partial charge in [0.25, 0.3) is 11.8 Å². The first kappa shape index (κ1) is 15.0. The maximum atomic E-state index is 12.1. The number of carbonyl (C=O) groups is 2. The zero-order valence-electron chi connectivity index (χ0n) is 13.2. The number of hydrogen-bond acceptors (Lipinski definition) is 2. The van der Waals surface area contributed by atoms with Crippen LogP contribution in [0.25, 0.3) is 16.7 Å². The third-order valence-corrected chi connectivity index (χ3v) is 3.90. The summed E-state index contributed by atoms with van der Waals surface area (Å²) in [5, 5.41) is 0. The summed E-state index contributed by atoms with van der Waals surface area (Å²) in [6.45, 7) is 7.86. The van der Waals surface area contributed by atoms with E-state index in [0.29, 0.717) is 5.69 Å². The fourth-order valence-corrected chi connectivity index (χ4v) is 2.60. The lowest BCUT2D eigenvalue weighted by Crippen LogP contribution is -2.30. The molecule has 1 heterocycles. The van der Waals surface area contributed by atoms with E-state index in [9.17, 15) is 9.59 Å². The fourth-order valence-electron chi connectivity index (χ4n) is 2.60. The Labute approximate surface area is 135 Å². The van der Waals surface area contributed by atoms with Crippen molar-refractivity contribution in [1.82, 2.24) is 0 Å². The summed E-state index contributed by atoms with van der Waals surface area (Å²) in [4.78, 5) is 25.4. The number of anilines is 1. The molecule has 114 valence electrons. The van der Waals surface area contributed by atoms with Gasteiger partial charge in [-0.05, 0) is 31.0 Å². The van der Waals surface area contributed by atoms with Gasteiger partial charge < -0.3 is 0 Å². The Balaban J connectivity index is 2.19. The van der Waals surface area contributed by atoms with E-state index in [1.54, 1.807) is 0 Å². The summed E-state index contributed by atoms with van der Waals surface area (Å²) in [7, 11) is 0. The topological polar surface area (TPSA) is 37.4 Å². The van der Waals surface area contributed by atoms with Crippen LogP contribution in [0.1, 0.15) is 18.1 Å². The molecule has 2 aromatic carbocycles. The molecule has 0 spiro atoms. The van der Waals surface area contributed by atoms with Gasteiger partial charge in [-0.1, -0.05) is 54.1 Å². The molecule has 3 heteroatoms. The number of carbonyl (C=O) groups excluding carboxylic acids is 2. The number of allylic oxidation sites excluding steroid dienone is 1. The number of imide groups is 1. The third kappa shape index (κ3) is 2.73. The first-order chi connectivity index (χ1) is 11.0. The Morgan fingerprint density at radius 3 is 2.13 bits per heavy atom. The molecule has 0 unspecified atom stereocenters. The Bertz CT molecular complexity index is 826. The van der Waals surface area contributed by atoms with E-state index >= 15 is 0 Å². The van der Waals surface area contributed by atoms with Gasteiger partial charge in [0.15, 0.2) is 0 Å². The van der Waals surface area contributed by atoms with Crippen molar-refractivity contribution < 1.29 is 9.59 Å². The Morgan fingerprint density at radius 1 is 0.957 bits per heavy atom. The molecule has 0 bridgehead atoms. The second-order valence-electron chi connectivity index (χ2n) is 5.72. The van der Waals surface area contributed by atoms with E-state index < -0.39 is 0 Å². The molecule has 0 aromatic heterocycles. The van der Waals surface area contributed by atoms with Crippen LogP contribution < -0.4 is 4.90 Å². The second kappa shape index (κ2) is 5.69. The smallest absolute Gasteiger partial charge is 0.258 e. The first-order valence-corrected chi connectivity index (χ1v) is 7.40. The summed E-state index contributed by atoms with van der Waals surface area (Å²) >= 11 is 0. The van der Waals surface area contributed by atoms with Crippen LogP contribution in [-0.2, 0) is 9.59 Å². The summed E-state index contributed by atoms with van der Waals surface area (Å²) < 4.78 is 0. The highest BCUT2D eigenvalue weighted by Crippen LogP contribution is 2.35. The highest BCUT2D eigenvalue weighted by Gasteiger charge is 2.27. The largest absolute Gasteiger partial charge is 0.269 e. The van der Waals surface area contributed by atoms with Gasteiger partial charge in [-0.15, -0.1) is 0 Å². The van der Waals surface area contributed by atoms with Crippen LogP contribution in [0.5, 0.6) is 0 Å². The molecule has 2 amide bonds. The van der Waals surface area contributed by atoms with E-state index in [1.807, 2.05) is 56.3 Å². The maximum Gasteiger partial charge on any atom is 0.258 e. The van der Waals surface area contributed by atoms with Crippen molar-refractivity contribution >= 4 is 23.1 Å². The second-order valence-corrected chi connectivity index (χ2v) is 5.72. The van der Waals surface area contributed by atoms with E-state index in [0.717, 1.165) is 27.8 Å². The number of amides is 2. The zero-order valence-corrected chi connectivity index (χ0v) is 13.2. The molecule has 3 nitrogen and oxygen atoms in total. The minimum atomic E-state index is -0.317. The lowest BCUT2D eigenvalue weighted by molar-refractivity contribution is -0.119. The zero-order chi connectivity index (χ0) is 16.6. The van der Waals surface area contributed by atoms with Crippen LogP contribution in [0.2, 0.25) is 0 Å². The Morgan fingerprint density at radius 2 is 1.57 bits per heavy atom. The normalized spacial score (nSPS) is 13.7. The molecule has 2 aromatic rings. The van der Waals surface area contributed by atoms with Gasteiger partial charge in [0, 0.05) is 17.7 Å². The third-order valence-electron chi connectivity index (χ3n) is 3.90. The lowest BCUT2D eigenvalue weighted by atomic mass is 9.98. The van der Waals surface area contributed by atoms with Crippen molar-refractivity contribution in [3.8, 4) is 11.1 Å². The van der Waals surface area contributed by atoms with Crippen LogP contribution in [0.4, 0.5) is 5.69 Å². The lowest BCUT2D eigenvalue weighted by Gasteiger charge is -2.20. The first-order valence-electron chi connectivity index (χ1n) is 7.40. The molecule has 0 atom stereocenters. The molecule has 3 rings (SSSR count). The monoisotopic (exact) mass is 303 g/mol. The van der Waals surface area contributed by atoms with Crippen LogP contribution in [-0.4, -0.2) is 11.8 Å². The number of benzene rings is 2. The van der Waals surface area contributed by atoms with Gasteiger partial charge in [0.2, 0.25) is 0 Å². The van der Waals surface area contributed by atoms with E-state index in [-0.39, 0.29) is 11.8 Å². The summed E-state index contributed by atoms with van der Waals surface area (Å²) in [6, 6.07) is 13.7. The number of aryl methyl sites for hydroxylation is 1. The molecule has 1 aliphatic heterocycles. The quantitative estimate of drug-likeness (QED) is 0.800. The summed E-state index contributed by atoms with van der Waals surface area (Å²) in [5.41, 5.74) is 5.35. The predicted molar refractivity (Wildman–Crippen MR) is 93.0 cm³/mol. The van der Waals surface area contributed by atoms with Crippen LogP contribution >= 0.6 is 0 Å². The average Bonchev–Trinajstić information content (AvgIpc) is 2.86. The molecule has 0 radical (unpaired) electrons. The molecular weight excluding hydrogens is 286 g/mol. The van der Waals surface area contributed by atoms with Gasteiger partial charge in [0.1, 0.15) is 0 Å². The molecule has 0 saturated heterocycles. The molecule has 0 saturated carbocycles. The van der Waals surface area contributed by atoms with E-state index in [1.165, 1.54) is 17.1 Å². The van der Waals surface area contributed by atoms with E-state index in [2.05, 4.69) is 6.58 Å². The maximum absolute atomic E-state index is 12.1. The van der Waals surface area contributed by atoms with Crippen LogP contribution in [0.15, 0.2) is 61.2 Å². The Hall–Kier alpha value is -2.94. The van der Waals surface area contributed by atoms with Crippen molar-refractivity contribution in [2.24, 2.45) is 0 Å². The van der Waals surface area contributed by atoms with Gasteiger partial charge in [-0.25, -0.2) is 4.90 Å². The predicted octanol–water partition coefficient (Wildman–Crippen LogP) is 4.12. The summed E-state index contributed by atoms with van der Waals surface area (Å²) in [5.74, 6) is -0.635. The molecule has 0 N–H and O–H groups in total. The number of rotatable bonds is 3. The van der Waals surface area contributed by atoms with Crippen molar-refractivity contribution in [1.29, 1.82) is 0 Å². The molecule has 1 aliphatic rings. The number of hydrogen-bond donors (Lipinski definition) is 0. The highest BCUT2D eigenvalue weighted by molar-refractivity contribution is 6.29. The fraction of sp³-hybridized carbons (Fsp3) is 0.100. The standard InChI is InChI=1S/C20H17NO2/c1-13(2)16-8-9-17(15-6-4-14(3)5-7-15)18(12-16)21-19(22)10-11-20(21)23/h4-12H,1H2,2-3H3. The average molecular weight is 303 g/mol. The molecule has 23 heavy (non-hydrogen) atoms. The highest BCUT2D eigenvalue weighted by atomic mass is 16.2. The Kier molecular flexibility index (Phi) is 3.70. The SMILES string of the molecule is C=C(C)c1ccc(-c2ccc(C)cc2)c(N2C(=O)C=CC2=O)c1. The summed E-state index contributed by atoms with van der Waals surface area (Å²) in [6.07, 6.45) is 2.60. The van der Waals surface area contributed by atoms with Gasteiger partial charge in [-0.2, -0.15) is 0 Å². The number of nitrogens with zero attached hydrogens (tertiary/aromatic N) is 1. The van der Waals surface area contributed by atoms with E-state index in [4.69, 9.17) is 0 Å². The van der Waals surface area contributed by atoms with Gasteiger partial charge >= 0.3 is 0 Å². The van der Waals surface area contributed by atoms with Crippen LogP contribution in [0.3, 0.4) is 0 Å². The minimum absolute atomic E-state index is 0.317. The molecular formula is C20H17NO2. The van der Waals surface area contributed by atoms with Gasteiger partial charge in [0.05, 0.1) is 5.69 Å². The van der Waals surface area contributed by atoms with Crippen molar-refractivity contribution in [2.75, 3.05) is 4.90 Å². The molecule has 0 fully saturated rings. The van der Waals surface area contributed by atoms with Crippen molar-refractivity contribution in [3.63, 3.8) is 0 Å². The van der Waals surface area contributed by atoms with Crippen LogP contribution in [0, 0.1) is 6.92 Å². The van der Waals surface area contributed by atoms with Crippen molar-refractivity contribution in [2.45, 2.75) is 13.8 Å². The molecule has 0 aliphatic carbocycles. The van der Waals surface area contributed by atoms with Gasteiger partial charge in [-0.3, -0.25) is 9.59 Å². The minimum Gasteiger partial charge on any atom is -0.269 e. The van der Waals surface area contributed by atoms with Crippen molar-refractivity contribution in [3.05, 3.63) is 72.3 Å².